The van der Waals surface area contributed by atoms with Gasteiger partial charge in [0.1, 0.15) is 5.75 Å². The Hall–Kier alpha value is -1.02. The standard InChI is InChI=1S/C13H19NO/c1-9-10(7-8-12(9)14)11-5-3-4-6-13(11)15-2/h3-6,9-10,12H,7-8,14H2,1-2H3. The number of rotatable bonds is 2. The molecule has 1 aliphatic rings. The molecule has 2 N–H and O–H groups in total. The molecule has 0 radical (unpaired) electrons. The molecule has 3 unspecified atom stereocenters. The SMILES string of the molecule is COc1ccccc1C1CCC(N)C1C. The molecule has 82 valence electrons. The lowest BCUT2D eigenvalue weighted by Crippen LogP contribution is -2.24. The average Bonchev–Trinajstić information content (AvgIpc) is 2.60. The summed E-state index contributed by atoms with van der Waals surface area (Å²) in [6.45, 7) is 2.24. The van der Waals surface area contributed by atoms with Gasteiger partial charge in [0.25, 0.3) is 0 Å². The molecular weight excluding hydrogens is 186 g/mol. The lowest BCUT2D eigenvalue weighted by Gasteiger charge is -2.20. The largest absolute Gasteiger partial charge is 0.496 e. The topological polar surface area (TPSA) is 35.2 Å². The van der Waals surface area contributed by atoms with Crippen LogP contribution in [-0.4, -0.2) is 13.2 Å². The van der Waals surface area contributed by atoms with Gasteiger partial charge in [0, 0.05) is 6.04 Å². The minimum absolute atomic E-state index is 0.347. The van der Waals surface area contributed by atoms with Crippen LogP contribution in [0.2, 0.25) is 0 Å². The Labute approximate surface area is 91.4 Å². The molecule has 2 nitrogen and oxygen atoms in total. The van der Waals surface area contributed by atoms with Crippen LogP contribution in [0.1, 0.15) is 31.2 Å². The van der Waals surface area contributed by atoms with Crippen molar-refractivity contribution < 1.29 is 4.74 Å². The molecule has 3 atom stereocenters. The molecule has 1 aliphatic carbocycles. The van der Waals surface area contributed by atoms with Crippen LogP contribution >= 0.6 is 0 Å². The Morgan fingerprint density at radius 3 is 2.60 bits per heavy atom. The van der Waals surface area contributed by atoms with Gasteiger partial charge in [0.05, 0.1) is 7.11 Å². The van der Waals surface area contributed by atoms with E-state index in [-0.39, 0.29) is 0 Å². The van der Waals surface area contributed by atoms with Crippen molar-refractivity contribution in [2.24, 2.45) is 11.7 Å². The fourth-order valence-electron chi connectivity index (χ4n) is 2.61. The fourth-order valence-corrected chi connectivity index (χ4v) is 2.61. The Bertz CT molecular complexity index is 337. The average molecular weight is 205 g/mol. The predicted octanol–water partition coefficient (Wildman–Crippen LogP) is 2.54. The van der Waals surface area contributed by atoms with Gasteiger partial charge in [-0.25, -0.2) is 0 Å². The number of benzene rings is 1. The van der Waals surface area contributed by atoms with Crippen molar-refractivity contribution in [2.75, 3.05) is 7.11 Å². The summed E-state index contributed by atoms with van der Waals surface area (Å²) in [5.41, 5.74) is 7.38. The van der Waals surface area contributed by atoms with E-state index in [4.69, 9.17) is 10.5 Å². The van der Waals surface area contributed by atoms with Crippen molar-refractivity contribution in [2.45, 2.75) is 31.7 Å². The van der Waals surface area contributed by atoms with Crippen LogP contribution in [0, 0.1) is 5.92 Å². The molecule has 0 aliphatic heterocycles. The van der Waals surface area contributed by atoms with Gasteiger partial charge in [0.2, 0.25) is 0 Å². The van der Waals surface area contributed by atoms with Crippen LogP contribution in [0.5, 0.6) is 5.75 Å². The van der Waals surface area contributed by atoms with Crippen molar-refractivity contribution >= 4 is 0 Å². The highest BCUT2D eigenvalue weighted by Gasteiger charge is 2.32. The molecule has 2 rings (SSSR count). The molecule has 0 spiro atoms. The Morgan fingerprint density at radius 2 is 2.00 bits per heavy atom. The molecule has 0 aromatic heterocycles. The van der Waals surface area contributed by atoms with Gasteiger partial charge in [-0.15, -0.1) is 0 Å². The molecule has 15 heavy (non-hydrogen) atoms. The zero-order valence-corrected chi connectivity index (χ0v) is 9.44. The van der Waals surface area contributed by atoms with Gasteiger partial charge in [-0.3, -0.25) is 0 Å². The lowest BCUT2D eigenvalue weighted by atomic mass is 9.88. The van der Waals surface area contributed by atoms with E-state index in [1.165, 1.54) is 12.0 Å². The Morgan fingerprint density at radius 1 is 1.27 bits per heavy atom. The van der Waals surface area contributed by atoms with Gasteiger partial charge in [0.15, 0.2) is 0 Å². The summed E-state index contributed by atoms with van der Waals surface area (Å²) in [6.07, 6.45) is 2.31. The third-order valence-corrected chi connectivity index (χ3v) is 3.66. The summed E-state index contributed by atoms with van der Waals surface area (Å²) >= 11 is 0. The third kappa shape index (κ3) is 1.86. The first-order valence-corrected chi connectivity index (χ1v) is 5.62. The van der Waals surface area contributed by atoms with Crippen molar-refractivity contribution in [3.05, 3.63) is 29.8 Å². The molecular formula is C13H19NO. The van der Waals surface area contributed by atoms with E-state index in [1.54, 1.807) is 7.11 Å². The normalized spacial score (nSPS) is 30.5. The van der Waals surface area contributed by atoms with E-state index in [2.05, 4.69) is 19.1 Å². The highest BCUT2D eigenvalue weighted by Crippen LogP contribution is 2.41. The predicted molar refractivity (Wildman–Crippen MR) is 62.1 cm³/mol. The van der Waals surface area contributed by atoms with Crippen molar-refractivity contribution in [1.29, 1.82) is 0 Å². The monoisotopic (exact) mass is 205 g/mol. The maximum absolute atomic E-state index is 6.06. The quantitative estimate of drug-likeness (QED) is 0.805. The van der Waals surface area contributed by atoms with E-state index in [0.29, 0.717) is 17.9 Å². The summed E-state index contributed by atoms with van der Waals surface area (Å²) in [7, 11) is 1.73. The van der Waals surface area contributed by atoms with Crippen LogP contribution in [0.15, 0.2) is 24.3 Å². The lowest BCUT2D eigenvalue weighted by molar-refractivity contribution is 0.395. The molecule has 1 fully saturated rings. The van der Waals surface area contributed by atoms with Gasteiger partial charge >= 0.3 is 0 Å². The summed E-state index contributed by atoms with van der Waals surface area (Å²) in [4.78, 5) is 0. The molecule has 0 amide bonds. The second kappa shape index (κ2) is 4.23. The number of hydrogen-bond acceptors (Lipinski definition) is 2. The maximum atomic E-state index is 6.06. The minimum atomic E-state index is 0.347. The van der Waals surface area contributed by atoms with Gasteiger partial charge in [-0.05, 0) is 36.3 Å². The summed E-state index contributed by atoms with van der Waals surface area (Å²) < 4.78 is 5.40. The molecule has 1 aromatic carbocycles. The number of hydrogen-bond donors (Lipinski definition) is 1. The van der Waals surface area contributed by atoms with Gasteiger partial charge in [-0.2, -0.15) is 0 Å². The smallest absolute Gasteiger partial charge is 0.122 e. The zero-order chi connectivity index (χ0) is 10.8. The van der Waals surface area contributed by atoms with Crippen molar-refractivity contribution in [3.63, 3.8) is 0 Å². The number of nitrogens with two attached hydrogens (primary N) is 1. The molecule has 1 aromatic rings. The second-order valence-electron chi connectivity index (χ2n) is 4.45. The number of para-hydroxylation sites is 1. The Kier molecular flexibility index (Phi) is 2.96. The molecule has 2 heteroatoms. The van der Waals surface area contributed by atoms with Crippen molar-refractivity contribution in [1.82, 2.24) is 0 Å². The number of ether oxygens (including phenoxy) is 1. The van der Waals surface area contributed by atoms with E-state index >= 15 is 0 Å². The first kappa shape index (κ1) is 10.5. The van der Waals surface area contributed by atoms with Crippen LogP contribution in [0.3, 0.4) is 0 Å². The van der Waals surface area contributed by atoms with E-state index in [0.717, 1.165) is 12.2 Å². The molecule has 1 saturated carbocycles. The van der Waals surface area contributed by atoms with E-state index in [1.807, 2.05) is 12.1 Å². The van der Waals surface area contributed by atoms with Crippen LogP contribution < -0.4 is 10.5 Å². The van der Waals surface area contributed by atoms with Crippen LogP contribution in [0.4, 0.5) is 0 Å². The Balaban J connectivity index is 2.29. The van der Waals surface area contributed by atoms with Crippen molar-refractivity contribution in [3.8, 4) is 5.75 Å². The third-order valence-electron chi connectivity index (χ3n) is 3.66. The summed E-state index contributed by atoms with van der Waals surface area (Å²) in [5.74, 6) is 2.13. The minimum Gasteiger partial charge on any atom is -0.496 e. The molecule has 0 saturated heterocycles. The summed E-state index contributed by atoms with van der Waals surface area (Å²) in [6, 6.07) is 8.64. The first-order valence-electron chi connectivity index (χ1n) is 5.62. The van der Waals surface area contributed by atoms with Gasteiger partial charge < -0.3 is 10.5 Å². The molecule has 0 bridgehead atoms. The zero-order valence-electron chi connectivity index (χ0n) is 9.44. The number of methoxy groups -OCH3 is 1. The van der Waals surface area contributed by atoms with Crippen LogP contribution in [-0.2, 0) is 0 Å². The van der Waals surface area contributed by atoms with E-state index in [9.17, 15) is 0 Å². The van der Waals surface area contributed by atoms with E-state index < -0.39 is 0 Å². The van der Waals surface area contributed by atoms with Crippen LogP contribution in [0.25, 0.3) is 0 Å². The first-order chi connectivity index (χ1) is 7.24. The fraction of sp³-hybridized carbons (Fsp3) is 0.538. The highest BCUT2D eigenvalue weighted by atomic mass is 16.5. The maximum Gasteiger partial charge on any atom is 0.122 e. The molecule has 0 heterocycles. The van der Waals surface area contributed by atoms with Gasteiger partial charge in [-0.1, -0.05) is 25.1 Å². The summed E-state index contributed by atoms with van der Waals surface area (Å²) in [5, 5.41) is 0. The second-order valence-corrected chi connectivity index (χ2v) is 4.45. The highest BCUT2D eigenvalue weighted by molar-refractivity contribution is 5.37.